The number of rotatable bonds is 6. The number of nitrogens with one attached hydrogen (secondary N) is 1. The van der Waals surface area contributed by atoms with Crippen LogP contribution < -0.4 is 5.32 Å². The molecule has 0 aliphatic heterocycles. The summed E-state index contributed by atoms with van der Waals surface area (Å²) >= 11 is 6.53. The van der Waals surface area contributed by atoms with Crippen molar-refractivity contribution in [2.75, 3.05) is 5.32 Å². The van der Waals surface area contributed by atoms with Crippen LogP contribution in [0.15, 0.2) is 79.5 Å². The number of fused-ring (bicyclic) bond motifs is 1. The summed E-state index contributed by atoms with van der Waals surface area (Å²) < 4.78 is 14.7. The molecule has 0 spiro atoms. The molecule has 0 saturated heterocycles. The summed E-state index contributed by atoms with van der Waals surface area (Å²) in [5, 5.41) is 14.6. The van der Waals surface area contributed by atoms with E-state index >= 15 is 0 Å². The summed E-state index contributed by atoms with van der Waals surface area (Å²) in [6, 6.07) is 14.5. The average Bonchev–Trinajstić information content (AvgIpc) is 2.89. The van der Waals surface area contributed by atoms with Crippen LogP contribution in [0.1, 0.15) is 25.2 Å². The van der Waals surface area contributed by atoms with Crippen molar-refractivity contribution in [1.82, 2.24) is 19.9 Å². The highest BCUT2D eigenvalue weighted by molar-refractivity contribution is 6.34. The van der Waals surface area contributed by atoms with Crippen molar-refractivity contribution < 1.29 is 9.50 Å². The fourth-order valence-electron chi connectivity index (χ4n) is 3.93. The Balaban J connectivity index is 1.47. The zero-order valence-electron chi connectivity index (χ0n) is 19.7. The summed E-state index contributed by atoms with van der Waals surface area (Å²) in [6.07, 6.45) is 8.37. The van der Waals surface area contributed by atoms with Crippen molar-refractivity contribution in [3.05, 3.63) is 102 Å². The SMILES string of the molecule is CC(C)(O)c1ncc(-c2ccc3ncc(Cl)c(NCc4cc(-c5cccnc5)ccc4F)c3c2)cn1. The van der Waals surface area contributed by atoms with E-state index in [0.29, 0.717) is 22.1 Å². The molecule has 3 aromatic heterocycles. The lowest BCUT2D eigenvalue weighted by molar-refractivity contribution is 0.0687. The highest BCUT2D eigenvalue weighted by atomic mass is 35.5. The normalized spacial score (nSPS) is 11.6. The van der Waals surface area contributed by atoms with Crippen molar-refractivity contribution in [1.29, 1.82) is 0 Å². The smallest absolute Gasteiger partial charge is 0.159 e. The third kappa shape index (κ3) is 4.89. The Morgan fingerprint density at radius 3 is 2.36 bits per heavy atom. The Labute approximate surface area is 212 Å². The zero-order valence-corrected chi connectivity index (χ0v) is 20.5. The van der Waals surface area contributed by atoms with Gasteiger partial charge in [0.1, 0.15) is 11.4 Å². The molecule has 180 valence electrons. The number of nitrogens with zero attached hydrogens (tertiary/aromatic N) is 4. The van der Waals surface area contributed by atoms with E-state index in [0.717, 1.165) is 33.2 Å². The average molecular weight is 500 g/mol. The molecule has 5 aromatic rings. The predicted octanol–water partition coefficient (Wildman–Crippen LogP) is 6.39. The first-order valence-corrected chi connectivity index (χ1v) is 11.7. The first kappa shape index (κ1) is 23.8. The van der Waals surface area contributed by atoms with E-state index in [1.165, 1.54) is 6.07 Å². The van der Waals surface area contributed by atoms with Crippen molar-refractivity contribution >= 4 is 28.2 Å². The van der Waals surface area contributed by atoms with Gasteiger partial charge >= 0.3 is 0 Å². The quantitative estimate of drug-likeness (QED) is 0.282. The van der Waals surface area contributed by atoms with Gasteiger partial charge in [-0.3, -0.25) is 9.97 Å². The van der Waals surface area contributed by atoms with Gasteiger partial charge in [0.2, 0.25) is 0 Å². The molecule has 0 aliphatic rings. The summed E-state index contributed by atoms with van der Waals surface area (Å²) in [5.41, 5.74) is 4.21. The molecule has 0 fully saturated rings. The van der Waals surface area contributed by atoms with Gasteiger partial charge in [0.25, 0.3) is 0 Å². The molecule has 0 atom stereocenters. The van der Waals surface area contributed by atoms with Crippen LogP contribution in [0.3, 0.4) is 0 Å². The number of aliphatic hydroxyl groups is 1. The van der Waals surface area contributed by atoms with Gasteiger partial charge < -0.3 is 10.4 Å². The molecule has 36 heavy (non-hydrogen) atoms. The number of pyridine rings is 2. The molecular formula is C28H23ClFN5O. The topological polar surface area (TPSA) is 83.8 Å². The molecule has 2 N–H and O–H groups in total. The summed E-state index contributed by atoms with van der Waals surface area (Å²) in [4.78, 5) is 17.2. The van der Waals surface area contributed by atoms with Gasteiger partial charge in [-0.1, -0.05) is 29.8 Å². The zero-order chi connectivity index (χ0) is 25.3. The van der Waals surface area contributed by atoms with Gasteiger partial charge in [0, 0.05) is 59.6 Å². The van der Waals surface area contributed by atoms with Crippen LogP contribution in [-0.4, -0.2) is 25.0 Å². The third-order valence-corrected chi connectivity index (χ3v) is 6.14. The Bertz CT molecular complexity index is 1540. The fourth-order valence-corrected chi connectivity index (χ4v) is 4.14. The van der Waals surface area contributed by atoms with Gasteiger partial charge in [-0.05, 0) is 55.3 Å². The van der Waals surface area contributed by atoms with E-state index in [1.807, 2.05) is 36.4 Å². The highest BCUT2D eigenvalue weighted by Gasteiger charge is 2.19. The molecule has 0 aliphatic carbocycles. The van der Waals surface area contributed by atoms with Gasteiger partial charge in [0.05, 0.1) is 16.2 Å². The lowest BCUT2D eigenvalue weighted by Gasteiger charge is -2.16. The predicted molar refractivity (Wildman–Crippen MR) is 140 cm³/mol. The van der Waals surface area contributed by atoms with Crippen LogP contribution in [0.5, 0.6) is 0 Å². The standard InChI is InChI=1S/C28H23ClFN5O/c1-28(2,36)27-34-14-21(15-35-27)18-6-8-25-22(11-18)26(23(29)16-32-25)33-13-20-10-17(5-7-24(20)30)19-4-3-9-31-12-19/h3-12,14-16,36H,13H2,1-2H3,(H,32,33). The first-order valence-electron chi connectivity index (χ1n) is 11.4. The maximum absolute atomic E-state index is 14.7. The maximum atomic E-state index is 14.7. The molecular weight excluding hydrogens is 477 g/mol. The van der Waals surface area contributed by atoms with Crippen molar-refractivity contribution in [2.24, 2.45) is 0 Å². The molecule has 2 aromatic carbocycles. The third-order valence-electron chi connectivity index (χ3n) is 5.85. The molecule has 5 rings (SSSR count). The monoisotopic (exact) mass is 499 g/mol. The van der Waals surface area contributed by atoms with Crippen molar-refractivity contribution in [3.63, 3.8) is 0 Å². The van der Waals surface area contributed by atoms with Crippen molar-refractivity contribution in [2.45, 2.75) is 26.0 Å². The number of aromatic nitrogens is 4. The Kier molecular flexibility index (Phi) is 6.35. The molecule has 0 saturated carbocycles. The Hall–Kier alpha value is -3.94. The van der Waals surface area contributed by atoms with E-state index in [2.05, 4.69) is 25.3 Å². The number of halogens is 2. The van der Waals surface area contributed by atoms with Crippen LogP contribution in [0, 0.1) is 5.82 Å². The van der Waals surface area contributed by atoms with Gasteiger partial charge in [-0.2, -0.15) is 0 Å². The van der Waals surface area contributed by atoms with Crippen LogP contribution in [0.25, 0.3) is 33.2 Å². The fraction of sp³-hybridized carbons (Fsp3) is 0.143. The summed E-state index contributed by atoms with van der Waals surface area (Å²) in [7, 11) is 0. The number of hydrogen-bond donors (Lipinski definition) is 2. The lowest BCUT2D eigenvalue weighted by Crippen LogP contribution is -2.19. The van der Waals surface area contributed by atoms with Gasteiger partial charge in [-0.15, -0.1) is 0 Å². The van der Waals surface area contributed by atoms with Crippen LogP contribution in [0.4, 0.5) is 10.1 Å². The first-order chi connectivity index (χ1) is 17.3. The molecule has 0 radical (unpaired) electrons. The van der Waals surface area contributed by atoms with E-state index in [4.69, 9.17) is 11.6 Å². The van der Waals surface area contributed by atoms with Crippen LogP contribution in [0.2, 0.25) is 5.02 Å². The second-order valence-corrected chi connectivity index (χ2v) is 9.38. The molecule has 8 heteroatoms. The maximum Gasteiger partial charge on any atom is 0.159 e. The number of hydrogen-bond acceptors (Lipinski definition) is 6. The van der Waals surface area contributed by atoms with Gasteiger partial charge in [-0.25, -0.2) is 14.4 Å². The van der Waals surface area contributed by atoms with Crippen LogP contribution in [-0.2, 0) is 12.1 Å². The Morgan fingerprint density at radius 2 is 1.64 bits per heavy atom. The van der Waals surface area contributed by atoms with Crippen molar-refractivity contribution in [3.8, 4) is 22.3 Å². The second kappa shape index (κ2) is 9.60. The minimum atomic E-state index is -1.12. The second-order valence-electron chi connectivity index (χ2n) is 8.97. The molecule has 3 heterocycles. The number of anilines is 1. The molecule has 0 bridgehead atoms. The van der Waals surface area contributed by atoms with E-state index in [1.54, 1.807) is 50.9 Å². The number of benzene rings is 2. The summed E-state index contributed by atoms with van der Waals surface area (Å²) in [5.74, 6) is 0.0315. The van der Waals surface area contributed by atoms with Gasteiger partial charge in [0.15, 0.2) is 5.82 Å². The minimum absolute atomic E-state index is 0.229. The van der Waals surface area contributed by atoms with E-state index < -0.39 is 5.60 Å². The van der Waals surface area contributed by atoms with E-state index in [-0.39, 0.29) is 12.4 Å². The minimum Gasteiger partial charge on any atom is -0.382 e. The molecule has 6 nitrogen and oxygen atoms in total. The van der Waals surface area contributed by atoms with E-state index in [9.17, 15) is 9.50 Å². The summed E-state index contributed by atoms with van der Waals surface area (Å²) in [6.45, 7) is 3.50. The van der Waals surface area contributed by atoms with Crippen LogP contribution >= 0.6 is 11.6 Å². The lowest BCUT2D eigenvalue weighted by atomic mass is 10.0. The largest absolute Gasteiger partial charge is 0.382 e. The Morgan fingerprint density at radius 1 is 0.889 bits per heavy atom. The highest BCUT2D eigenvalue weighted by Crippen LogP contribution is 2.33. The molecule has 0 amide bonds. The molecule has 0 unspecified atom stereocenters.